The van der Waals surface area contributed by atoms with Crippen molar-refractivity contribution < 1.29 is 4.79 Å². The molecule has 0 aliphatic rings. The summed E-state index contributed by atoms with van der Waals surface area (Å²) in [5.41, 5.74) is 1.12. The van der Waals surface area contributed by atoms with Crippen LogP contribution in [0.4, 0.5) is 5.69 Å². The highest BCUT2D eigenvalue weighted by atomic mass is 79.9. The molecule has 8 heteroatoms. The van der Waals surface area contributed by atoms with E-state index in [9.17, 15) is 9.59 Å². The third-order valence-electron chi connectivity index (χ3n) is 3.90. The zero-order valence-electron chi connectivity index (χ0n) is 14.2. The molecule has 0 N–H and O–H groups in total. The molecular weight excluding hydrogens is 453 g/mol. The number of hydrogen-bond acceptors (Lipinski definition) is 3. The molecule has 0 bridgehead atoms. The van der Waals surface area contributed by atoms with Crippen molar-refractivity contribution in [2.24, 2.45) is 0 Å². The number of halogens is 3. The third kappa shape index (κ3) is 4.08. The van der Waals surface area contributed by atoms with Crippen LogP contribution in [0.1, 0.15) is 12.5 Å². The standard InChI is InChI=1S/C19H14BrCl2N3O2/c1-12(26)24(11-13-6-3-2-4-7-13)16-10-23-25(19(27)17(16)20)18-14(21)8-5-9-15(18)22/h2-10H,11H2,1H3. The Kier molecular flexibility index (Phi) is 5.99. The first-order valence-corrected chi connectivity index (χ1v) is 9.49. The average molecular weight is 467 g/mol. The van der Waals surface area contributed by atoms with E-state index in [1.54, 1.807) is 18.2 Å². The average Bonchev–Trinajstić information content (AvgIpc) is 2.64. The second-order valence-corrected chi connectivity index (χ2v) is 7.33. The SMILES string of the molecule is CC(=O)N(Cc1ccccc1)c1cnn(-c2c(Cl)cccc2Cl)c(=O)c1Br. The number of hydrogen-bond donors (Lipinski definition) is 0. The number of amides is 1. The maximum atomic E-state index is 12.9. The van der Waals surface area contributed by atoms with Gasteiger partial charge in [0.1, 0.15) is 10.2 Å². The Labute approximate surface area is 174 Å². The van der Waals surface area contributed by atoms with E-state index in [1.807, 2.05) is 30.3 Å². The van der Waals surface area contributed by atoms with Crippen LogP contribution >= 0.6 is 39.1 Å². The van der Waals surface area contributed by atoms with Crippen LogP contribution in [0.3, 0.4) is 0 Å². The molecule has 0 spiro atoms. The number of carbonyl (C=O) groups is 1. The summed E-state index contributed by atoms with van der Waals surface area (Å²) in [6.45, 7) is 1.75. The quantitative estimate of drug-likeness (QED) is 0.551. The molecule has 5 nitrogen and oxygen atoms in total. The highest BCUT2D eigenvalue weighted by Gasteiger charge is 2.21. The zero-order chi connectivity index (χ0) is 19.6. The van der Waals surface area contributed by atoms with Gasteiger partial charge in [-0.3, -0.25) is 9.59 Å². The Bertz CT molecular complexity index is 1030. The van der Waals surface area contributed by atoms with E-state index < -0.39 is 5.56 Å². The molecule has 0 radical (unpaired) electrons. The third-order valence-corrected chi connectivity index (χ3v) is 5.26. The van der Waals surface area contributed by atoms with E-state index >= 15 is 0 Å². The molecule has 0 fully saturated rings. The number of anilines is 1. The van der Waals surface area contributed by atoms with Crippen LogP contribution in [0.5, 0.6) is 0 Å². The summed E-state index contributed by atoms with van der Waals surface area (Å²) in [5, 5.41) is 4.78. The predicted octanol–water partition coefficient (Wildman–Crippen LogP) is 4.85. The number of carbonyl (C=O) groups excluding carboxylic acids is 1. The maximum Gasteiger partial charge on any atom is 0.288 e. The molecule has 27 heavy (non-hydrogen) atoms. The zero-order valence-corrected chi connectivity index (χ0v) is 17.3. The van der Waals surface area contributed by atoms with Gasteiger partial charge < -0.3 is 4.90 Å². The first-order chi connectivity index (χ1) is 12.9. The molecule has 1 aromatic heterocycles. The van der Waals surface area contributed by atoms with Crippen molar-refractivity contribution >= 4 is 50.7 Å². The van der Waals surface area contributed by atoms with E-state index in [4.69, 9.17) is 23.2 Å². The lowest BCUT2D eigenvalue weighted by Gasteiger charge is -2.22. The first kappa shape index (κ1) is 19.6. The van der Waals surface area contributed by atoms with Crippen LogP contribution in [0, 0.1) is 0 Å². The fourth-order valence-corrected chi connectivity index (χ4v) is 3.64. The number of benzene rings is 2. The molecule has 0 aliphatic carbocycles. The van der Waals surface area contributed by atoms with Crippen LogP contribution < -0.4 is 10.5 Å². The van der Waals surface area contributed by atoms with Gasteiger partial charge in [0.25, 0.3) is 5.56 Å². The molecule has 138 valence electrons. The normalized spacial score (nSPS) is 10.7. The molecule has 0 saturated heterocycles. The summed E-state index contributed by atoms with van der Waals surface area (Å²) in [6.07, 6.45) is 1.44. The first-order valence-electron chi connectivity index (χ1n) is 7.94. The number of aromatic nitrogens is 2. The van der Waals surface area contributed by atoms with Crippen LogP contribution in [0.15, 0.2) is 64.0 Å². The summed E-state index contributed by atoms with van der Waals surface area (Å²) in [7, 11) is 0. The molecule has 0 saturated carbocycles. The van der Waals surface area contributed by atoms with Crippen LogP contribution in [-0.4, -0.2) is 15.7 Å². The van der Waals surface area contributed by atoms with Crippen molar-refractivity contribution in [3.05, 3.63) is 85.2 Å². The molecule has 0 atom stereocenters. The Hall–Kier alpha value is -2.15. The molecule has 3 aromatic rings. The summed E-state index contributed by atoms with van der Waals surface area (Å²) in [4.78, 5) is 26.6. The molecule has 1 amide bonds. The van der Waals surface area contributed by atoms with Gasteiger partial charge >= 0.3 is 0 Å². The Morgan fingerprint density at radius 3 is 2.33 bits per heavy atom. The van der Waals surface area contributed by atoms with Gasteiger partial charge in [-0.25, -0.2) is 0 Å². The predicted molar refractivity (Wildman–Crippen MR) is 111 cm³/mol. The summed E-state index contributed by atoms with van der Waals surface area (Å²) in [6, 6.07) is 14.4. The second kappa shape index (κ2) is 8.25. The Morgan fingerprint density at radius 2 is 1.74 bits per heavy atom. The summed E-state index contributed by atoms with van der Waals surface area (Å²) >= 11 is 15.7. The van der Waals surface area contributed by atoms with Crippen LogP contribution in [-0.2, 0) is 11.3 Å². The Balaban J connectivity index is 2.08. The molecule has 0 aliphatic heterocycles. The minimum absolute atomic E-state index is 0.194. The minimum Gasteiger partial charge on any atom is -0.305 e. The van der Waals surface area contributed by atoms with Gasteiger partial charge in [0.15, 0.2) is 0 Å². The van der Waals surface area contributed by atoms with Gasteiger partial charge in [-0.15, -0.1) is 0 Å². The van der Waals surface area contributed by atoms with Gasteiger partial charge in [-0.2, -0.15) is 9.78 Å². The van der Waals surface area contributed by atoms with Crippen molar-refractivity contribution in [2.45, 2.75) is 13.5 Å². The fraction of sp³-hybridized carbons (Fsp3) is 0.105. The lowest BCUT2D eigenvalue weighted by atomic mass is 10.2. The van der Waals surface area contributed by atoms with Crippen molar-refractivity contribution in [1.29, 1.82) is 0 Å². The minimum atomic E-state index is -0.471. The van der Waals surface area contributed by atoms with E-state index in [2.05, 4.69) is 21.0 Å². The van der Waals surface area contributed by atoms with Gasteiger partial charge in [-0.05, 0) is 33.6 Å². The van der Waals surface area contributed by atoms with E-state index in [0.29, 0.717) is 22.3 Å². The smallest absolute Gasteiger partial charge is 0.288 e. The number of nitrogens with zero attached hydrogens (tertiary/aromatic N) is 3. The molecule has 0 unspecified atom stereocenters. The van der Waals surface area contributed by atoms with Crippen LogP contribution in [0.2, 0.25) is 10.0 Å². The number of para-hydroxylation sites is 1. The van der Waals surface area contributed by atoms with Crippen LogP contribution in [0.25, 0.3) is 5.69 Å². The van der Waals surface area contributed by atoms with Crippen molar-refractivity contribution in [1.82, 2.24) is 9.78 Å². The van der Waals surface area contributed by atoms with E-state index in [0.717, 1.165) is 10.2 Å². The topological polar surface area (TPSA) is 55.2 Å². The number of rotatable bonds is 4. The van der Waals surface area contributed by atoms with Crippen molar-refractivity contribution in [3.63, 3.8) is 0 Å². The Morgan fingerprint density at radius 1 is 1.11 bits per heavy atom. The monoisotopic (exact) mass is 465 g/mol. The molecule has 3 rings (SSSR count). The fourth-order valence-electron chi connectivity index (χ4n) is 2.60. The van der Waals surface area contributed by atoms with Gasteiger partial charge in [0, 0.05) is 6.92 Å². The molecule has 1 heterocycles. The van der Waals surface area contributed by atoms with Gasteiger partial charge in [0.2, 0.25) is 5.91 Å². The summed E-state index contributed by atoms with van der Waals surface area (Å²) in [5.74, 6) is -0.214. The van der Waals surface area contributed by atoms with Crippen molar-refractivity contribution in [2.75, 3.05) is 4.90 Å². The van der Waals surface area contributed by atoms with Crippen molar-refractivity contribution in [3.8, 4) is 5.69 Å². The van der Waals surface area contributed by atoms with Gasteiger partial charge in [0.05, 0.1) is 28.5 Å². The molecule has 2 aromatic carbocycles. The maximum absolute atomic E-state index is 12.9. The van der Waals surface area contributed by atoms with Gasteiger partial charge in [-0.1, -0.05) is 59.6 Å². The van der Waals surface area contributed by atoms with E-state index in [1.165, 1.54) is 18.0 Å². The lowest BCUT2D eigenvalue weighted by Crippen LogP contribution is -2.32. The second-order valence-electron chi connectivity index (χ2n) is 5.72. The largest absolute Gasteiger partial charge is 0.305 e. The van der Waals surface area contributed by atoms with E-state index in [-0.39, 0.29) is 16.1 Å². The summed E-state index contributed by atoms with van der Waals surface area (Å²) < 4.78 is 1.30. The molecular formula is C19H14BrCl2N3O2. The highest BCUT2D eigenvalue weighted by Crippen LogP contribution is 2.29. The lowest BCUT2D eigenvalue weighted by molar-refractivity contribution is -0.116. The highest BCUT2D eigenvalue weighted by molar-refractivity contribution is 9.10.